The van der Waals surface area contributed by atoms with E-state index in [0.29, 0.717) is 16.6 Å². The normalized spacial score (nSPS) is 11.8. The quantitative estimate of drug-likeness (QED) is 0.928. The van der Waals surface area contributed by atoms with Gasteiger partial charge in [-0.15, -0.1) is 0 Å². The molecule has 0 bridgehead atoms. The van der Waals surface area contributed by atoms with Crippen LogP contribution in [0.25, 0.3) is 0 Å². The third-order valence-electron chi connectivity index (χ3n) is 2.11. The van der Waals surface area contributed by atoms with E-state index >= 15 is 0 Å². The van der Waals surface area contributed by atoms with Crippen LogP contribution in [0.4, 0.5) is 19.0 Å². The lowest BCUT2D eigenvalue weighted by molar-refractivity contribution is -0.134. The Hall–Kier alpha value is -0.850. The molecule has 0 saturated heterocycles. The Balaban J connectivity index is 2.86. The highest BCUT2D eigenvalue weighted by atomic mass is 79.9. The molecule has 0 amide bonds. The lowest BCUT2D eigenvalue weighted by Gasteiger charge is -2.09. The van der Waals surface area contributed by atoms with Crippen molar-refractivity contribution in [2.45, 2.75) is 38.8 Å². The Kier molecular flexibility index (Phi) is 4.73. The largest absolute Gasteiger partial charge is 0.389 e. The second-order valence-corrected chi connectivity index (χ2v) is 4.44. The van der Waals surface area contributed by atoms with Crippen molar-refractivity contribution in [3.8, 4) is 0 Å². The number of aromatic nitrogens is 2. The summed E-state index contributed by atoms with van der Waals surface area (Å²) in [6, 6.07) is 0. The zero-order chi connectivity index (χ0) is 13.1. The van der Waals surface area contributed by atoms with E-state index in [2.05, 4.69) is 25.9 Å². The maximum atomic E-state index is 12.1. The monoisotopic (exact) mass is 311 g/mol. The van der Waals surface area contributed by atoms with Gasteiger partial charge in [0.15, 0.2) is 0 Å². The summed E-state index contributed by atoms with van der Waals surface area (Å²) in [5.41, 5.74) is 6.28. The molecule has 1 aromatic rings. The first-order valence-electron chi connectivity index (χ1n) is 5.21. The van der Waals surface area contributed by atoms with Crippen LogP contribution in [0.2, 0.25) is 0 Å². The molecule has 2 N–H and O–H groups in total. The average Bonchev–Trinajstić information content (AvgIpc) is 2.21. The predicted octanol–water partition coefficient (Wildman–Crippen LogP) is 3.27. The van der Waals surface area contributed by atoms with Gasteiger partial charge in [0.05, 0.1) is 16.6 Å². The van der Waals surface area contributed by atoms with Crippen LogP contribution in [-0.2, 0) is 12.8 Å². The van der Waals surface area contributed by atoms with Crippen LogP contribution in [0.5, 0.6) is 0 Å². The smallest absolute Gasteiger partial charge is 0.383 e. The minimum atomic E-state index is -4.20. The van der Waals surface area contributed by atoms with Crippen LogP contribution in [0.1, 0.15) is 31.3 Å². The van der Waals surface area contributed by atoms with Gasteiger partial charge in [-0.25, -0.2) is 9.97 Å². The Morgan fingerprint density at radius 3 is 2.41 bits per heavy atom. The maximum Gasteiger partial charge on any atom is 0.389 e. The van der Waals surface area contributed by atoms with Crippen LogP contribution >= 0.6 is 15.9 Å². The van der Waals surface area contributed by atoms with Crippen LogP contribution in [0.15, 0.2) is 4.47 Å². The molecule has 0 saturated carbocycles. The molecule has 96 valence electrons. The van der Waals surface area contributed by atoms with E-state index in [1.54, 1.807) is 0 Å². The first-order valence-corrected chi connectivity index (χ1v) is 6.00. The van der Waals surface area contributed by atoms with E-state index in [-0.39, 0.29) is 18.1 Å². The van der Waals surface area contributed by atoms with Gasteiger partial charge in [0, 0.05) is 6.42 Å². The number of hydrogen-bond donors (Lipinski definition) is 1. The summed E-state index contributed by atoms with van der Waals surface area (Å²) in [6.45, 7) is 1.96. The number of aryl methyl sites for hydroxylation is 2. The molecule has 0 radical (unpaired) electrons. The zero-order valence-electron chi connectivity index (χ0n) is 9.31. The van der Waals surface area contributed by atoms with Crippen molar-refractivity contribution >= 4 is 21.7 Å². The molecule has 0 aliphatic heterocycles. The van der Waals surface area contributed by atoms with Crippen molar-refractivity contribution in [1.29, 1.82) is 0 Å². The van der Waals surface area contributed by atoms with Gasteiger partial charge in [0.25, 0.3) is 0 Å². The number of alkyl halides is 3. The summed E-state index contributed by atoms with van der Waals surface area (Å²) in [7, 11) is 0. The van der Waals surface area contributed by atoms with E-state index in [1.165, 1.54) is 0 Å². The molecular weight excluding hydrogens is 299 g/mol. The number of halogens is 4. The molecule has 0 aliphatic carbocycles. The summed E-state index contributed by atoms with van der Waals surface area (Å²) in [6.07, 6.45) is -3.87. The Labute approximate surface area is 106 Å². The molecule has 0 aromatic carbocycles. The molecule has 1 rings (SSSR count). The molecule has 3 nitrogen and oxygen atoms in total. The predicted molar refractivity (Wildman–Crippen MR) is 62.5 cm³/mol. The molecule has 0 spiro atoms. The topological polar surface area (TPSA) is 51.8 Å². The lowest BCUT2D eigenvalue weighted by atomic mass is 10.2. The van der Waals surface area contributed by atoms with Crippen LogP contribution in [0, 0.1) is 0 Å². The standard InChI is InChI=1S/C10H13BrF3N3/c1-2-3-6-8(11)9(15)17-7(16-6)4-5-10(12,13)14/h2-5H2,1H3,(H2,15,16,17). The lowest BCUT2D eigenvalue weighted by Crippen LogP contribution is -2.12. The molecule has 7 heteroatoms. The summed E-state index contributed by atoms with van der Waals surface area (Å²) in [5, 5.41) is 0. The number of nitrogens with two attached hydrogens (primary N) is 1. The summed E-state index contributed by atoms with van der Waals surface area (Å²) >= 11 is 3.23. The first-order chi connectivity index (χ1) is 7.83. The van der Waals surface area contributed by atoms with E-state index in [0.717, 1.165) is 6.42 Å². The fourth-order valence-corrected chi connectivity index (χ4v) is 1.71. The highest BCUT2D eigenvalue weighted by Gasteiger charge is 2.27. The van der Waals surface area contributed by atoms with Gasteiger partial charge in [-0.05, 0) is 22.4 Å². The fourth-order valence-electron chi connectivity index (χ4n) is 1.33. The first kappa shape index (κ1) is 14.2. The van der Waals surface area contributed by atoms with Crippen molar-refractivity contribution in [2.24, 2.45) is 0 Å². The SMILES string of the molecule is CCCc1nc(CCC(F)(F)F)nc(N)c1Br. The Morgan fingerprint density at radius 2 is 1.88 bits per heavy atom. The van der Waals surface area contributed by atoms with Crippen molar-refractivity contribution < 1.29 is 13.2 Å². The van der Waals surface area contributed by atoms with Gasteiger partial charge >= 0.3 is 6.18 Å². The van der Waals surface area contributed by atoms with Gasteiger partial charge in [-0.1, -0.05) is 13.3 Å². The van der Waals surface area contributed by atoms with Crippen molar-refractivity contribution in [1.82, 2.24) is 9.97 Å². The molecule has 0 atom stereocenters. The van der Waals surface area contributed by atoms with Crippen molar-refractivity contribution in [3.63, 3.8) is 0 Å². The number of nitrogens with zero attached hydrogens (tertiary/aromatic N) is 2. The third kappa shape index (κ3) is 4.49. The number of rotatable bonds is 4. The Bertz CT molecular complexity index is 393. The molecule has 1 aromatic heterocycles. The van der Waals surface area contributed by atoms with Crippen molar-refractivity contribution in [3.05, 3.63) is 16.0 Å². The minimum Gasteiger partial charge on any atom is -0.383 e. The number of hydrogen-bond acceptors (Lipinski definition) is 3. The fraction of sp³-hybridized carbons (Fsp3) is 0.600. The van der Waals surface area contributed by atoms with Gasteiger partial charge in [0.2, 0.25) is 0 Å². The summed E-state index contributed by atoms with van der Waals surface area (Å²) < 4.78 is 36.8. The van der Waals surface area contributed by atoms with Crippen LogP contribution < -0.4 is 5.73 Å². The van der Waals surface area contributed by atoms with Gasteiger partial charge < -0.3 is 5.73 Å². The van der Waals surface area contributed by atoms with Gasteiger partial charge in [-0.2, -0.15) is 13.2 Å². The van der Waals surface area contributed by atoms with E-state index in [4.69, 9.17) is 5.73 Å². The highest BCUT2D eigenvalue weighted by Crippen LogP contribution is 2.25. The third-order valence-corrected chi connectivity index (χ3v) is 2.97. The Morgan fingerprint density at radius 1 is 1.24 bits per heavy atom. The van der Waals surface area contributed by atoms with Gasteiger partial charge in [0.1, 0.15) is 11.6 Å². The molecule has 0 aliphatic rings. The average molecular weight is 312 g/mol. The summed E-state index contributed by atoms with van der Waals surface area (Å²) in [4.78, 5) is 7.93. The molecule has 0 unspecified atom stereocenters. The van der Waals surface area contributed by atoms with Crippen LogP contribution in [-0.4, -0.2) is 16.1 Å². The van der Waals surface area contributed by atoms with E-state index in [9.17, 15) is 13.2 Å². The molecule has 17 heavy (non-hydrogen) atoms. The maximum absolute atomic E-state index is 12.1. The van der Waals surface area contributed by atoms with Crippen molar-refractivity contribution in [2.75, 3.05) is 5.73 Å². The second kappa shape index (κ2) is 5.66. The van der Waals surface area contributed by atoms with Crippen LogP contribution in [0.3, 0.4) is 0 Å². The molecular formula is C10H13BrF3N3. The molecule has 0 fully saturated rings. The second-order valence-electron chi connectivity index (χ2n) is 3.65. The van der Waals surface area contributed by atoms with E-state index in [1.807, 2.05) is 6.92 Å². The zero-order valence-corrected chi connectivity index (χ0v) is 10.9. The van der Waals surface area contributed by atoms with E-state index < -0.39 is 12.6 Å². The summed E-state index contributed by atoms with van der Waals surface area (Å²) in [5.74, 6) is 0.340. The highest BCUT2D eigenvalue weighted by molar-refractivity contribution is 9.10. The van der Waals surface area contributed by atoms with Gasteiger partial charge in [-0.3, -0.25) is 0 Å². The number of anilines is 1. The number of nitrogen functional groups attached to an aromatic ring is 1. The minimum absolute atomic E-state index is 0.145. The molecule has 1 heterocycles.